The van der Waals surface area contributed by atoms with E-state index in [-0.39, 0.29) is 17.0 Å². The third-order valence-electron chi connectivity index (χ3n) is 3.28. The van der Waals surface area contributed by atoms with Gasteiger partial charge in [-0.1, -0.05) is 13.8 Å². The van der Waals surface area contributed by atoms with Gasteiger partial charge in [0.15, 0.2) is 0 Å². The first-order valence-electron chi connectivity index (χ1n) is 6.12. The molecule has 0 bridgehead atoms. The van der Waals surface area contributed by atoms with E-state index in [1.165, 1.54) is 12.5 Å². The molecule has 0 aliphatic heterocycles. The predicted molar refractivity (Wildman–Crippen MR) is 68.2 cm³/mol. The van der Waals surface area contributed by atoms with Crippen molar-refractivity contribution in [1.29, 1.82) is 0 Å². The SMILES string of the molecule is CC(C)c1nc(NCC2(N)CCC2)cc(=O)[nH]1. The number of H-pyrrole nitrogens is 1. The van der Waals surface area contributed by atoms with E-state index in [0.717, 1.165) is 12.8 Å². The van der Waals surface area contributed by atoms with Crippen LogP contribution in [-0.2, 0) is 0 Å². The van der Waals surface area contributed by atoms with Gasteiger partial charge in [-0.05, 0) is 19.3 Å². The molecule has 5 nitrogen and oxygen atoms in total. The van der Waals surface area contributed by atoms with Gasteiger partial charge >= 0.3 is 0 Å². The van der Waals surface area contributed by atoms with Gasteiger partial charge < -0.3 is 16.0 Å². The average Bonchev–Trinajstić information content (AvgIpc) is 2.23. The Bertz CT molecular complexity index is 448. The van der Waals surface area contributed by atoms with Crippen molar-refractivity contribution >= 4 is 5.82 Å². The van der Waals surface area contributed by atoms with E-state index in [1.807, 2.05) is 13.8 Å². The van der Waals surface area contributed by atoms with Crippen LogP contribution in [0.5, 0.6) is 0 Å². The quantitative estimate of drug-likeness (QED) is 0.733. The van der Waals surface area contributed by atoms with Crippen molar-refractivity contribution in [3.05, 3.63) is 22.2 Å². The summed E-state index contributed by atoms with van der Waals surface area (Å²) in [6.07, 6.45) is 3.28. The van der Waals surface area contributed by atoms with Crippen LogP contribution in [0, 0.1) is 0 Å². The van der Waals surface area contributed by atoms with Crippen molar-refractivity contribution in [1.82, 2.24) is 9.97 Å². The Hall–Kier alpha value is -1.36. The second kappa shape index (κ2) is 4.49. The first kappa shape index (κ1) is 12.1. The molecule has 17 heavy (non-hydrogen) atoms. The van der Waals surface area contributed by atoms with E-state index < -0.39 is 0 Å². The average molecular weight is 236 g/mol. The van der Waals surface area contributed by atoms with Crippen LogP contribution in [-0.4, -0.2) is 22.1 Å². The minimum absolute atomic E-state index is 0.109. The lowest BCUT2D eigenvalue weighted by Gasteiger charge is -2.38. The molecule has 1 saturated carbocycles. The smallest absolute Gasteiger partial charge is 0.252 e. The highest BCUT2D eigenvalue weighted by Crippen LogP contribution is 2.28. The van der Waals surface area contributed by atoms with Gasteiger partial charge in [-0.3, -0.25) is 4.79 Å². The third-order valence-corrected chi connectivity index (χ3v) is 3.28. The highest BCUT2D eigenvalue weighted by atomic mass is 16.1. The maximum Gasteiger partial charge on any atom is 0.252 e. The van der Waals surface area contributed by atoms with E-state index in [4.69, 9.17) is 5.73 Å². The number of rotatable bonds is 4. The molecule has 1 aromatic rings. The molecule has 1 aliphatic rings. The van der Waals surface area contributed by atoms with E-state index in [0.29, 0.717) is 18.2 Å². The molecule has 0 spiro atoms. The van der Waals surface area contributed by atoms with Gasteiger partial charge in [0, 0.05) is 24.1 Å². The third kappa shape index (κ3) is 2.85. The fourth-order valence-electron chi connectivity index (χ4n) is 1.91. The number of nitrogens with one attached hydrogen (secondary N) is 2. The normalized spacial score (nSPS) is 17.9. The lowest BCUT2D eigenvalue weighted by Crippen LogP contribution is -2.52. The minimum atomic E-state index is -0.120. The molecule has 1 fully saturated rings. The lowest BCUT2D eigenvalue weighted by atomic mass is 9.78. The minimum Gasteiger partial charge on any atom is -0.368 e. The second-order valence-corrected chi connectivity index (χ2v) is 5.24. The van der Waals surface area contributed by atoms with Crippen molar-refractivity contribution < 1.29 is 0 Å². The van der Waals surface area contributed by atoms with Gasteiger partial charge in [0.05, 0.1) is 0 Å². The molecule has 0 radical (unpaired) electrons. The van der Waals surface area contributed by atoms with Crippen molar-refractivity contribution in [2.75, 3.05) is 11.9 Å². The highest BCUT2D eigenvalue weighted by Gasteiger charge is 2.32. The second-order valence-electron chi connectivity index (χ2n) is 5.24. The fraction of sp³-hybridized carbons (Fsp3) is 0.667. The van der Waals surface area contributed by atoms with Gasteiger partial charge in [-0.15, -0.1) is 0 Å². The summed E-state index contributed by atoms with van der Waals surface area (Å²) in [5.41, 5.74) is 5.88. The summed E-state index contributed by atoms with van der Waals surface area (Å²) in [4.78, 5) is 18.6. The summed E-state index contributed by atoms with van der Waals surface area (Å²) in [7, 11) is 0. The molecule has 5 heteroatoms. The van der Waals surface area contributed by atoms with Crippen molar-refractivity contribution in [2.45, 2.75) is 44.6 Å². The number of anilines is 1. The van der Waals surface area contributed by atoms with Crippen LogP contribution in [0.25, 0.3) is 0 Å². The summed E-state index contributed by atoms with van der Waals surface area (Å²) in [5.74, 6) is 1.54. The fourth-order valence-corrected chi connectivity index (χ4v) is 1.91. The molecule has 4 N–H and O–H groups in total. The van der Waals surface area contributed by atoms with Crippen LogP contribution in [0.1, 0.15) is 44.9 Å². The van der Waals surface area contributed by atoms with Gasteiger partial charge in [-0.2, -0.15) is 0 Å². The van der Waals surface area contributed by atoms with Crippen molar-refractivity contribution in [3.8, 4) is 0 Å². The van der Waals surface area contributed by atoms with E-state index in [1.54, 1.807) is 0 Å². The standard InChI is InChI=1S/C12H20N4O/c1-8(2)11-15-9(6-10(17)16-11)14-7-12(13)4-3-5-12/h6,8H,3-5,7,13H2,1-2H3,(H2,14,15,16,17). The molecule has 2 rings (SSSR count). The molecule has 1 aliphatic carbocycles. The Morgan fingerprint density at radius 3 is 2.82 bits per heavy atom. The van der Waals surface area contributed by atoms with Gasteiger partial charge in [0.25, 0.3) is 5.56 Å². The zero-order valence-corrected chi connectivity index (χ0v) is 10.4. The van der Waals surface area contributed by atoms with Crippen LogP contribution in [0.15, 0.2) is 10.9 Å². The van der Waals surface area contributed by atoms with Crippen molar-refractivity contribution in [3.63, 3.8) is 0 Å². The Morgan fingerprint density at radius 1 is 1.59 bits per heavy atom. The molecular formula is C12H20N4O. The zero-order chi connectivity index (χ0) is 12.5. The van der Waals surface area contributed by atoms with Crippen LogP contribution in [0.4, 0.5) is 5.82 Å². The maximum atomic E-state index is 11.5. The van der Waals surface area contributed by atoms with E-state index in [2.05, 4.69) is 15.3 Å². The van der Waals surface area contributed by atoms with Crippen LogP contribution < -0.4 is 16.6 Å². The van der Waals surface area contributed by atoms with Gasteiger partial charge in [0.1, 0.15) is 11.6 Å². The number of hydrogen-bond donors (Lipinski definition) is 3. The summed E-state index contributed by atoms with van der Waals surface area (Å²) in [6, 6.07) is 1.48. The Morgan fingerprint density at radius 2 is 2.29 bits per heavy atom. The number of nitrogens with zero attached hydrogens (tertiary/aromatic N) is 1. The van der Waals surface area contributed by atoms with E-state index >= 15 is 0 Å². The summed E-state index contributed by atoms with van der Waals surface area (Å²) in [5, 5.41) is 3.17. The van der Waals surface area contributed by atoms with Gasteiger partial charge in [-0.25, -0.2) is 4.98 Å². The zero-order valence-electron chi connectivity index (χ0n) is 10.4. The predicted octanol–water partition coefficient (Wildman–Crippen LogP) is 1.19. The molecular weight excluding hydrogens is 216 g/mol. The number of nitrogens with two attached hydrogens (primary N) is 1. The highest BCUT2D eigenvalue weighted by molar-refractivity contribution is 5.34. The Kier molecular flexibility index (Phi) is 3.19. The molecule has 0 amide bonds. The van der Waals surface area contributed by atoms with Gasteiger partial charge in [0.2, 0.25) is 0 Å². The Labute approximate surface area is 101 Å². The topological polar surface area (TPSA) is 83.8 Å². The lowest BCUT2D eigenvalue weighted by molar-refractivity contribution is 0.265. The monoisotopic (exact) mass is 236 g/mol. The molecule has 1 aromatic heterocycles. The maximum absolute atomic E-state index is 11.5. The molecule has 0 unspecified atom stereocenters. The first-order chi connectivity index (χ1) is 7.98. The Balaban J connectivity index is 2.07. The molecule has 0 saturated heterocycles. The van der Waals surface area contributed by atoms with Crippen molar-refractivity contribution in [2.24, 2.45) is 5.73 Å². The number of hydrogen-bond acceptors (Lipinski definition) is 4. The number of aromatic nitrogens is 2. The molecule has 1 heterocycles. The summed E-state index contributed by atoms with van der Waals surface area (Å²) >= 11 is 0. The van der Waals surface area contributed by atoms with E-state index in [9.17, 15) is 4.79 Å². The molecule has 0 aromatic carbocycles. The molecule has 0 atom stereocenters. The first-order valence-corrected chi connectivity index (χ1v) is 6.12. The molecule has 94 valence electrons. The van der Waals surface area contributed by atoms with Crippen LogP contribution in [0.2, 0.25) is 0 Å². The van der Waals surface area contributed by atoms with Crippen LogP contribution >= 0.6 is 0 Å². The summed E-state index contributed by atoms with van der Waals surface area (Å²) in [6.45, 7) is 4.68. The summed E-state index contributed by atoms with van der Waals surface area (Å²) < 4.78 is 0. The number of aromatic amines is 1. The largest absolute Gasteiger partial charge is 0.368 e. The van der Waals surface area contributed by atoms with Crippen LogP contribution in [0.3, 0.4) is 0 Å².